The number of hydrogen-bond donors (Lipinski definition) is 1. The van der Waals surface area contributed by atoms with Crippen LogP contribution in [0.5, 0.6) is 0 Å². The van der Waals surface area contributed by atoms with Gasteiger partial charge in [0.2, 0.25) is 0 Å². The second-order valence-electron chi connectivity index (χ2n) is 4.84. The average Bonchev–Trinajstić information content (AvgIpc) is 2.48. The van der Waals surface area contributed by atoms with Gasteiger partial charge in [0, 0.05) is 22.4 Å². The summed E-state index contributed by atoms with van der Waals surface area (Å²) in [6.45, 7) is 1.07. The van der Waals surface area contributed by atoms with Gasteiger partial charge in [-0.05, 0) is 37.1 Å². The summed E-state index contributed by atoms with van der Waals surface area (Å²) in [7, 11) is 0. The molecule has 1 unspecified atom stereocenters. The van der Waals surface area contributed by atoms with E-state index in [4.69, 9.17) is 0 Å². The predicted molar refractivity (Wildman–Crippen MR) is 79.8 cm³/mol. The number of aromatic nitrogens is 2. The molecule has 1 aromatic heterocycles. The van der Waals surface area contributed by atoms with Crippen LogP contribution < -0.4 is 5.32 Å². The van der Waals surface area contributed by atoms with E-state index in [-0.39, 0.29) is 0 Å². The van der Waals surface area contributed by atoms with Crippen molar-refractivity contribution >= 4 is 15.9 Å². The molecular formula is C15H16BrN3. The molecule has 2 aromatic rings. The molecule has 1 saturated heterocycles. The first-order valence-corrected chi connectivity index (χ1v) is 7.43. The topological polar surface area (TPSA) is 37.8 Å². The number of halogens is 1. The molecule has 3 rings (SSSR count). The fourth-order valence-corrected chi connectivity index (χ4v) is 2.81. The summed E-state index contributed by atoms with van der Waals surface area (Å²) in [5.41, 5.74) is 2.19. The molecule has 0 aliphatic carbocycles. The number of rotatable bonds is 2. The third-order valence-corrected chi connectivity index (χ3v) is 3.95. The van der Waals surface area contributed by atoms with Gasteiger partial charge in [0.05, 0.1) is 6.04 Å². The van der Waals surface area contributed by atoms with Crippen molar-refractivity contribution in [3.8, 4) is 11.1 Å². The van der Waals surface area contributed by atoms with Crippen LogP contribution in [0.4, 0.5) is 0 Å². The Hall–Kier alpha value is -1.26. The summed E-state index contributed by atoms with van der Waals surface area (Å²) in [5, 5.41) is 3.47. The molecule has 1 atom stereocenters. The standard InChI is InChI=1S/C15H16BrN3/c16-13-5-3-4-11(8-13)12-9-18-15(19-10-12)14-6-1-2-7-17-14/h3-5,8-10,14,17H,1-2,6-7H2. The summed E-state index contributed by atoms with van der Waals surface area (Å²) in [4.78, 5) is 9.04. The van der Waals surface area contributed by atoms with Crippen LogP contribution >= 0.6 is 15.9 Å². The minimum atomic E-state index is 0.324. The first-order chi connectivity index (χ1) is 9.33. The van der Waals surface area contributed by atoms with Crippen molar-refractivity contribution in [2.45, 2.75) is 25.3 Å². The van der Waals surface area contributed by atoms with Crippen LogP contribution in [-0.4, -0.2) is 16.5 Å². The van der Waals surface area contributed by atoms with E-state index in [1.165, 1.54) is 12.8 Å². The first kappa shape index (κ1) is 12.8. The maximum Gasteiger partial charge on any atom is 0.145 e. The van der Waals surface area contributed by atoms with Gasteiger partial charge < -0.3 is 5.32 Å². The van der Waals surface area contributed by atoms with Crippen molar-refractivity contribution < 1.29 is 0 Å². The first-order valence-electron chi connectivity index (χ1n) is 6.64. The van der Waals surface area contributed by atoms with Crippen LogP contribution in [0.2, 0.25) is 0 Å². The van der Waals surface area contributed by atoms with Crippen LogP contribution in [0.15, 0.2) is 41.1 Å². The summed E-state index contributed by atoms with van der Waals surface area (Å²) in [5.74, 6) is 0.915. The molecule has 1 aromatic carbocycles. The number of piperidine rings is 1. The lowest BCUT2D eigenvalue weighted by atomic mass is 10.0. The van der Waals surface area contributed by atoms with Gasteiger partial charge in [0.1, 0.15) is 5.82 Å². The van der Waals surface area contributed by atoms with Gasteiger partial charge in [0.25, 0.3) is 0 Å². The maximum atomic E-state index is 4.52. The lowest BCUT2D eigenvalue weighted by Gasteiger charge is -2.21. The highest BCUT2D eigenvalue weighted by Gasteiger charge is 2.16. The maximum absolute atomic E-state index is 4.52. The summed E-state index contributed by atoms with van der Waals surface area (Å²) in [6.07, 6.45) is 7.48. The van der Waals surface area contributed by atoms with Gasteiger partial charge in [-0.1, -0.05) is 34.5 Å². The fraction of sp³-hybridized carbons (Fsp3) is 0.333. The molecule has 0 bridgehead atoms. The van der Waals surface area contributed by atoms with E-state index < -0.39 is 0 Å². The van der Waals surface area contributed by atoms with E-state index in [1.54, 1.807) is 0 Å². The molecule has 0 saturated carbocycles. The second-order valence-corrected chi connectivity index (χ2v) is 5.76. The zero-order valence-corrected chi connectivity index (χ0v) is 12.2. The van der Waals surface area contributed by atoms with Gasteiger partial charge in [-0.3, -0.25) is 0 Å². The number of nitrogens with zero attached hydrogens (tertiary/aromatic N) is 2. The summed E-state index contributed by atoms with van der Waals surface area (Å²) >= 11 is 3.49. The monoisotopic (exact) mass is 317 g/mol. The lowest BCUT2D eigenvalue weighted by Crippen LogP contribution is -2.28. The molecule has 98 valence electrons. The molecule has 2 heterocycles. The molecule has 0 amide bonds. The Bertz CT molecular complexity index is 548. The van der Waals surface area contributed by atoms with Gasteiger partial charge >= 0.3 is 0 Å². The highest BCUT2D eigenvalue weighted by molar-refractivity contribution is 9.10. The van der Waals surface area contributed by atoms with E-state index in [9.17, 15) is 0 Å². The molecule has 3 nitrogen and oxygen atoms in total. The van der Waals surface area contributed by atoms with Gasteiger partial charge in [-0.25, -0.2) is 9.97 Å². The second kappa shape index (κ2) is 5.80. The predicted octanol–water partition coefficient (Wildman–Crippen LogP) is 3.72. The molecule has 0 radical (unpaired) electrons. The highest BCUT2D eigenvalue weighted by Crippen LogP contribution is 2.24. The van der Waals surface area contributed by atoms with Gasteiger partial charge in [-0.15, -0.1) is 0 Å². The van der Waals surface area contributed by atoms with Crippen LogP contribution in [0, 0.1) is 0 Å². The van der Waals surface area contributed by atoms with Crippen molar-refractivity contribution in [2.75, 3.05) is 6.54 Å². The molecule has 1 fully saturated rings. The van der Waals surface area contributed by atoms with Crippen LogP contribution in [0.3, 0.4) is 0 Å². The van der Waals surface area contributed by atoms with Gasteiger partial charge in [0.15, 0.2) is 0 Å². The smallest absolute Gasteiger partial charge is 0.145 e. The third-order valence-electron chi connectivity index (χ3n) is 3.45. The zero-order valence-electron chi connectivity index (χ0n) is 10.6. The van der Waals surface area contributed by atoms with Crippen LogP contribution in [0.1, 0.15) is 31.1 Å². The Morgan fingerprint density at radius 2 is 1.95 bits per heavy atom. The van der Waals surface area contributed by atoms with Crippen molar-refractivity contribution in [2.24, 2.45) is 0 Å². The van der Waals surface area contributed by atoms with Crippen molar-refractivity contribution in [3.63, 3.8) is 0 Å². The quantitative estimate of drug-likeness (QED) is 0.917. The van der Waals surface area contributed by atoms with E-state index in [0.29, 0.717) is 6.04 Å². The van der Waals surface area contributed by atoms with Crippen molar-refractivity contribution in [1.82, 2.24) is 15.3 Å². The van der Waals surface area contributed by atoms with Crippen LogP contribution in [0.25, 0.3) is 11.1 Å². The number of nitrogens with one attached hydrogen (secondary N) is 1. The summed E-state index contributed by atoms with van der Waals surface area (Å²) in [6, 6.07) is 8.52. The van der Waals surface area contributed by atoms with E-state index in [0.717, 1.165) is 34.4 Å². The molecule has 19 heavy (non-hydrogen) atoms. The lowest BCUT2D eigenvalue weighted by molar-refractivity contribution is 0.397. The average molecular weight is 318 g/mol. The Morgan fingerprint density at radius 1 is 1.11 bits per heavy atom. The van der Waals surface area contributed by atoms with E-state index >= 15 is 0 Å². The SMILES string of the molecule is Brc1cccc(-c2cnc(C3CCCCN3)nc2)c1. The highest BCUT2D eigenvalue weighted by atomic mass is 79.9. The fourth-order valence-electron chi connectivity index (χ4n) is 2.41. The number of benzene rings is 1. The molecule has 1 aliphatic rings. The Balaban J connectivity index is 1.82. The normalized spacial score (nSPS) is 19.3. The zero-order chi connectivity index (χ0) is 13.1. The molecule has 0 spiro atoms. The van der Waals surface area contributed by atoms with E-state index in [1.807, 2.05) is 24.5 Å². The number of hydrogen-bond acceptors (Lipinski definition) is 3. The summed E-state index contributed by atoms with van der Waals surface area (Å²) < 4.78 is 1.07. The molecular weight excluding hydrogens is 302 g/mol. The molecule has 1 N–H and O–H groups in total. The third kappa shape index (κ3) is 3.01. The van der Waals surface area contributed by atoms with Crippen LogP contribution in [-0.2, 0) is 0 Å². The minimum absolute atomic E-state index is 0.324. The molecule has 4 heteroatoms. The Labute approximate surface area is 121 Å². The Morgan fingerprint density at radius 3 is 2.63 bits per heavy atom. The largest absolute Gasteiger partial charge is 0.307 e. The van der Waals surface area contributed by atoms with Crippen molar-refractivity contribution in [1.29, 1.82) is 0 Å². The van der Waals surface area contributed by atoms with Gasteiger partial charge in [-0.2, -0.15) is 0 Å². The van der Waals surface area contributed by atoms with Crippen molar-refractivity contribution in [3.05, 3.63) is 47.0 Å². The molecule has 1 aliphatic heterocycles. The van der Waals surface area contributed by atoms with E-state index in [2.05, 4.69) is 43.3 Å². The minimum Gasteiger partial charge on any atom is -0.307 e. The Kier molecular flexibility index (Phi) is 3.89.